The van der Waals surface area contributed by atoms with Gasteiger partial charge in [0.1, 0.15) is 0 Å². The summed E-state index contributed by atoms with van der Waals surface area (Å²) in [6.07, 6.45) is 8.15. The molecule has 1 saturated carbocycles. The third-order valence-corrected chi connectivity index (χ3v) is 4.94. The highest BCUT2D eigenvalue weighted by atomic mass is 16.2. The molecule has 0 aromatic rings. The molecule has 0 spiro atoms. The molecule has 0 aromatic carbocycles. The van der Waals surface area contributed by atoms with Gasteiger partial charge in [-0.05, 0) is 38.5 Å². The van der Waals surface area contributed by atoms with E-state index in [1.807, 2.05) is 0 Å². The summed E-state index contributed by atoms with van der Waals surface area (Å²) >= 11 is 0. The molecule has 3 nitrogen and oxygen atoms in total. The predicted octanol–water partition coefficient (Wildman–Crippen LogP) is 2.84. The maximum absolute atomic E-state index is 12.4. The van der Waals surface area contributed by atoms with Gasteiger partial charge >= 0.3 is 0 Å². The Morgan fingerprint density at radius 2 is 1.83 bits per heavy atom. The maximum atomic E-state index is 12.4. The molecule has 0 heterocycles. The topological polar surface area (TPSA) is 55.1 Å². The van der Waals surface area contributed by atoms with Gasteiger partial charge in [0.2, 0.25) is 5.91 Å². The lowest BCUT2D eigenvalue weighted by Crippen LogP contribution is -2.50. The van der Waals surface area contributed by atoms with Crippen molar-refractivity contribution in [3.05, 3.63) is 0 Å². The van der Waals surface area contributed by atoms with E-state index in [2.05, 4.69) is 26.1 Å². The minimum atomic E-state index is -0.358. The van der Waals surface area contributed by atoms with Crippen molar-refractivity contribution in [3.63, 3.8) is 0 Å². The average Bonchev–Trinajstić information content (AvgIpc) is 2.42. The summed E-state index contributed by atoms with van der Waals surface area (Å²) in [6, 6.07) is 0.293. The summed E-state index contributed by atoms with van der Waals surface area (Å²) in [7, 11) is 0. The molecule has 106 valence electrons. The van der Waals surface area contributed by atoms with Crippen molar-refractivity contribution in [1.82, 2.24) is 5.32 Å². The minimum absolute atomic E-state index is 0.160. The monoisotopic (exact) mass is 254 g/mol. The van der Waals surface area contributed by atoms with Crippen molar-refractivity contribution in [2.75, 3.05) is 6.54 Å². The molecule has 0 saturated heterocycles. The van der Waals surface area contributed by atoms with E-state index in [0.29, 0.717) is 18.5 Å². The van der Waals surface area contributed by atoms with Crippen LogP contribution in [0.25, 0.3) is 0 Å². The highest BCUT2D eigenvalue weighted by Crippen LogP contribution is 2.29. The first kappa shape index (κ1) is 15.5. The quantitative estimate of drug-likeness (QED) is 0.766. The zero-order valence-corrected chi connectivity index (χ0v) is 12.3. The highest BCUT2D eigenvalue weighted by Gasteiger charge is 2.35. The zero-order valence-electron chi connectivity index (χ0n) is 12.3. The van der Waals surface area contributed by atoms with Gasteiger partial charge in [-0.3, -0.25) is 4.79 Å². The summed E-state index contributed by atoms with van der Waals surface area (Å²) in [6.45, 7) is 6.71. The van der Waals surface area contributed by atoms with E-state index in [0.717, 1.165) is 12.8 Å². The van der Waals surface area contributed by atoms with Crippen LogP contribution in [-0.2, 0) is 4.79 Å². The number of amides is 1. The molecule has 0 bridgehead atoms. The Kier molecular flexibility index (Phi) is 6.13. The van der Waals surface area contributed by atoms with Crippen LogP contribution < -0.4 is 11.1 Å². The van der Waals surface area contributed by atoms with E-state index in [9.17, 15) is 4.79 Å². The van der Waals surface area contributed by atoms with Gasteiger partial charge < -0.3 is 11.1 Å². The summed E-state index contributed by atoms with van der Waals surface area (Å²) in [5.74, 6) is 0.819. The Morgan fingerprint density at radius 3 is 2.28 bits per heavy atom. The van der Waals surface area contributed by atoms with Crippen LogP contribution in [0.4, 0.5) is 0 Å². The molecule has 0 radical (unpaired) electrons. The van der Waals surface area contributed by atoms with Crippen molar-refractivity contribution in [2.24, 2.45) is 17.1 Å². The standard InChI is InChI=1S/C15H30N2O/c1-4-15(5-2,11-16)14(18)17-12(3)13-9-7-6-8-10-13/h12-13H,4-11,16H2,1-3H3,(H,17,18). The van der Waals surface area contributed by atoms with E-state index >= 15 is 0 Å². The van der Waals surface area contributed by atoms with Crippen molar-refractivity contribution in [1.29, 1.82) is 0 Å². The first-order chi connectivity index (χ1) is 8.59. The second-order valence-corrected chi connectivity index (χ2v) is 5.85. The van der Waals surface area contributed by atoms with Crippen LogP contribution in [0.5, 0.6) is 0 Å². The third kappa shape index (κ3) is 3.47. The molecular formula is C15H30N2O. The van der Waals surface area contributed by atoms with Crippen LogP contribution >= 0.6 is 0 Å². The lowest BCUT2D eigenvalue weighted by molar-refractivity contribution is -0.132. The predicted molar refractivity (Wildman–Crippen MR) is 76.2 cm³/mol. The number of rotatable bonds is 6. The van der Waals surface area contributed by atoms with Crippen LogP contribution in [0.2, 0.25) is 0 Å². The Balaban J connectivity index is 2.56. The number of hydrogen-bond donors (Lipinski definition) is 2. The molecule has 1 aliphatic rings. The fourth-order valence-corrected chi connectivity index (χ4v) is 3.06. The molecular weight excluding hydrogens is 224 g/mol. The van der Waals surface area contributed by atoms with Gasteiger partial charge in [-0.2, -0.15) is 0 Å². The summed E-state index contributed by atoms with van der Waals surface area (Å²) in [4.78, 5) is 12.4. The lowest BCUT2D eigenvalue weighted by Gasteiger charge is -2.34. The van der Waals surface area contributed by atoms with Gasteiger partial charge in [-0.1, -0.05) is 33.1 Å². The molecule has 1 aliphatic carbocycles. The molecule has 3 heteroatoms. The second kappa shape index (κ2) is 7.13. The van der Waals surface area contributed by atoms with Crippen molar-refractivity contribution in [2.45, 2.75) is 71.8 Å². The van der Waals surface area contributed by atoms with Gasteiger partial charge in [-0.25, -0.2) is 0 Å². The van der Waals surface area contributed by atoms with Crippen molar-refractivity contribution >= 4 is 5.91 Å². The lowest BCUT2D eigenvalue weighted by atomic mass is 9.80. The fraction of sp³-hybridized carbons (Fsp3) is 0.933. The normalized spacial score (nSPS) is 19.6. The van der Waals surface area contributed by atoms with E-state index in [4.69, 9.17) is 5.73 Å². The Bertz CT molecular complexity index is 247. The molecule has 1 unspecified atom stereocenters. The number of carbonyl (C=O) groups is 1. The van der Waals surface area contributed by atoms with E-state index in [1.54, 1.807) is 0 Å². The van der Waals surface area contributed by atoms with E-state index in [-0.39, 0.29) is 11.3 Å². The molecule has 0 aliphatic heterocycles. The number of nitrogens with one attached hydrogen (secondary N) is 1. The van der Waals surface area contributed by atoms with Crippen LogP contribution in [-0.4, -0.2) is 18.5 Å². The summed E-state index contributed by atoms with van der Waals surface area (Å²) in [5.41, 5.74) is 5.46. The van der Waals surface area contributed by atoms with Crippen LogP contribution in [0.15, 0.2) is 0 Å². The first-order valence-corrected chi connectivity index (χ1v) is 7.60. The molecule has 0 aromatic heterocycles. The molecule has 1 amide bonds. The SMILES string of the molecule is CCC(CC)(CN)C(=O)NC(C)C1CCCCC1. The molecule has 1 atom stereocenters. The zero-order chi connectivity index (χ0) is 13.6. The Hall–Kier alpha value is -0.570. The van der Waals surface area contributed by atoms with Gasteiger partial charge in [0, 0.05) is 12.6 Å². The second-order valence-electron chi connectivity index (χ2n) is 5.85. The van der Waals surface area contributed by atoms with Crippen LogP contribution in [0.1, 0.15) is 65.7 Å². The highest BCUT2D eigenvalue weighted by molar-refractivity contribution is 5.83. The molecule has 1 fully saturated rings. The van der Waals surface area contributed by atoms with E-state index in [1.165, 1.54) is 32.1 Å². The molecule has 3 N–H and O–H groups in total. The first-order valence-electron chi connectivity index (χ1n) is 7.60. The Morgan fingerprint density at radius 1 is 1.28 bits per heavy atom. The van der Waals surface area contributed by atoms with Crippen LogP contribution in [0, 0.1) is 11.3 Å². The number of nitrogens with two attached hydrogens (primary N) is 1. The van der Waals surface area contributed by atoms with Crippen molar-refractivity contribution < 1.29 is 4.79 Å². The van der Waals surface area contributed by atoms with Gasteiger partial charge in [0.25, 0.3) is 0 Å². The number of hydrogen-bond acceptors (Lipinski definition) is 2. The fourth-order valence-electron chi connectivity index (χ4n) is 3.06. The van der Waals surface area contributed by atoms with Gasteiger partial charge in [-0.15, -0.1) is 0 Å². The third-order valence-electron chi connectivity index (χ3n) is 4.94. The van der Waals surface area contributed by atoms with Gasteiger partial charge in [0.05, 0.1) is 5.41 Å². The molecule has 1 rings (SSSR count). The Labute approximate surface area is 112 Å². The van der Waals surface area contributed by atoms with Crippen molar-refractivity contribution in [3.8, 4) is 0 Å². The smallest absolute Gasteiger partial charge is 0.227 e. The largest absolute Gasteiger partial charge is 0.353 e. The van der Waals surface area contributed by atoms with Gasteiger partial charge in [0.15, 0.2) is 0 Å². The minimum Gasteiger partial charge on any atom is -0.353 e. The summed E-state index contributed by atoms with van der Waals surface area (Å²) in [5, 5.41) is 3.22. The van der Waals surface area contributed by atoms with Crippen LogP contribution in [0.3, 0.4) is 0 Å². The maximum Gasteiger partial charge on any atom is 0.227 e. The number of carbonyl (C=O) groups excluding carboxylic acids is 1. The average molecular weight is 254 g/mol. The molecule has 18 heavy (non-hydrogen) atoms. The summed E-state index contributed by atoms with van der Waals surface area (Å²) < 4.78 is 0. The van der Waals surface area contributed by atoms with E-state index < -0.39 is 0 Å².